The summed E-state index contributed by atoms with van der Waals surface area (Å²) in [6.45, 7) is -1.51. The van der Waals surface area contributed by atoms with Gasteiger partial charge in [-0.1, -0.05) is 0 Å². The number of fused-ring (bicyclic) bond motifs is 5. The molecule has 2 saturated heterocycles. The number of H-pyrrole nitrogens is 1. The quantitative estimate of drug-likeness (QED) is 0.0925. The van der Waals surface area contributed by atoms with Gasteiger partial charge in [-0.3, -0.25) is 32.4 Å². The van der Waals surface area contributed by atoms with E-state index in [2.05, 4.69) is 29.9 Å². The lowest BCUT2D eigenvalue weighted by Crippen LogP contribution is -2.36. The maximum atomic E-state index is 14.0. The number of phosphoric acid groups is 2. The third kappa shape index (κ3) is 5.38. The molecule has 3 aliphatic rings. The first kappa shape index (κ1) is 31.1. The number of hydrogen-bond acceptors (Lipinski definition) is 17. The van der Waals surface area contributed by atoms with Gasteiger partial charge in [0.15, 0.2) is 34.4 Å². The fourth-order valence-electron chi connectivity index (χ4n) is 5.87. The molecule has 3 fully saturated rings. The number of imidazole rings is 2. The van der Waals surface area contributed by atoms with Gasteiger partial charge in [0, 0.05) is 5.92 Å². The van der Waals surface area contributed by atoms with Crippen LogP contribution < -0.4 is 17.0 Å². The normalized spacial score (nSPS) is 37.2. The molecule has 248 valence electrons. The van der Waals surface area contributed by atoms with Gasteiger partial charge in [0.05, 0.1) is 38.0 Å². The Morgan fingerprint density at radius 3 is 2.33 bits per heavy atom. The third-order valence-corrected chi connectivity index (χ3v) is 9.89. The lowest BCUT2D eigenvalue weighted by molar-refractivity contribution is -0.0553. The highest BCUT2D eigenvalue weighted by Gasteiger charge is 2.53. The highest BCUT2D eigenvalue weighted by Crippen LogP contribution is 2.55. The summed E-state index contributed by atoms with van der Waals surface area (Å²) < 4.78 is 69.5. The summed E-state index contributed by atoms with van der Waals surface area (Å²) in [5.74, 6) is -1.57. The molecule has 46 heavy (non-hydrogen) atoms. The molecule has 6 unspecified atom stereocenters. The predicted octanol–water partition coefficient (Wildman–Crippen LogP) is -1.54. The van der Waals surface area contributed by atoms with Crippen molar-refractivity contribution >= 4 is 49.7 Å². The first-order chi connectivity index (χ1) is 21.7. The van der Waals surface area contributed by atoms with Crippen molar-refractivity contribution in [3.8, 4) is 0 Å². The van der Waals surface area contributed by atoms with Crippen molar-refractivity contribution in [2.24, 2.45) is 5.92 Å². The summed E-state index contributed by atoms with van der Waals surface area (Å²) in [6.07, 6.45) is -8.72. The topological polar surface area (TPSA) is 320 Å². The van der Waals surface area contributed by atoms with Crippen LogP contribution in [0.1, 0.15) is 18.7 Å². The largest absolute Gasteiger partial charge is 0.472 e. The number of nitrogens with two attached hydrogens (primary N) is 2. The minimum atomic E-state index is -5.09. The number of ether oxygens (including phenoxy) is 1. The average Bonchev–Trinajstić information content (AvgIpc) is 3.72. The number of nitrogens with zero attached hydrogens (tertiary/aromatic N) is 7. The third-order valence-electron chi connectivity index (χ3n) is 7.92. The van der Waals surface area contributed by atoms with E-state index in [0.29, 0.717) is 0 Å². The molecule has 1 aliphatic carbocycles. The zero-order valence-corrected chi connectivity index (χ0v) is 24.8. The van der Waals surface area contributed by atoms with Crippen molar-refractivity contribution in [3.05, 3.63) is 29.1 Å². The Kier molecular flexibility index (Phi) is 7.49. The van der Waals surface area contributed by atoms with Crippen LogP contribution >= 0.6 is 15.6 Å². The monoisotopic (exact) mass is 690 g/mol. The van der Waals surface area contributed by atoms with Crippen molar-refractivity contribution in [2.45, 2.75) is 49.2 Å². The van der Waals surface area contributed by atoms with Crippen molar-refractivity contribution < 1.29 is 56.4 Å². The molecule has 2 aliphatic heterocycles. The standard InChI is InChI=1S/C21H25FN10O12P2/c22-20-27-15(23)9-16(28-20)32(5-25-9)19-12(34)14-8(42-19)3-41-46(38,39)43-13-7(1-6(11(13)33)2-40-45(36,37)44-14)31-4-26-10-17(31)29-21(24)30-18(10)35/h4-8,11-14,19,33-34H,1-3H2,(H,36,37)(H,38,39)(H2,23,27,28)(H3,24,29,30,35)/t6-,7-,8-,11?,12?,13?,14?,19-/m1/s1. The number of halogens is 1. The molecular formula is C21H25FN10O12P2. The van der Waals surface area contributed by atoms with Crippen LogP contribution in [0.3, 0.4) is 0 Å². The smallest absolute Gasteiger partial charge is 0.390 e. The molecule has 4 aromatic rings. The van der Waals surface area contributed by atoms with Gasteiger partial charge in [-0.25, -0.2) is 19.1 Å². The fraction of sp³-hybridized carbons (Fsp3) is 0.524. The van der Waals surface area contributed by atoms with E-state index >= 15 is 0 Å². The number of nitrogens with one attached hydrogen (secondary N) is 1. The second kappa shape index (κ2) is 11.1. The van der Waals surface area contributed by atoms with Gasteiger partial charge < -0.3 is 40.8 Å². The molecule has 6 heterocycles. The molecule has 0 amide bonds. The van der Waals surface area contributed by atoms with Gasteiger partial charge in [0.1, 0.15) is 24.4 Å². The number of aromatic nitrogens is 8. The van der Waals surface area contributed by atoms with Gasteiger partial charge in [-0.15, -0.1) is 0 Å². The summed E-state index contributed by atoms with van der Waals surface area (Å²) in [4.78, 5) is 55.0. The molecule has 4 aromatic heterocycles. The predicted molar refractivity (Wildman–Crippen MR) is 147 cm³/mol. The van der Waals surface area contributed by atoms with Crippen molar-refractivity contribution in [2.75, 3.05) is 24.7 Å². The van der Waals surface area contributed by atoms with E-state index in [1.54, 1.807) is 0 Å². The average molecular weight is 690 g/mol. The number of phosphoric ester groups is 2. The Morgan fingerprint density at radius 1 is 0.913 bits per heavy atom. The van der Waals surface area contributed by atoms with E-state index in [4.69, 9.17) is 34.3 Å². The first-order valence-corrected chi connectivity index (χ1v) is 16.4. The number of nitrogen functional groups attached to an aromatic ring is 2. The lowest BCUT2D eigenvalue weighted by atomic mass is 10.1. The summed E-state index contributed by atoms with van der Waals surface area (Å²) in [5.41, 5.74) is 10.3. The summed E-state index contributed by atoms with van der Waals surface area (Å²) in [5, 5.41) is 22.2. The molecule has 0 radical (unpaired) electrons. The van der Waals surface area contributed by atoms with Crippen LogP contribution in [0.2, 0.25) is 0 Å². The second-order valence-electron chi connectivity index (χ2n) is 10.8. The van der Waals surface area contributed by atoms with E-state index in [9.17, 15) is 38.3 Å². The Bertz CT molecular complexity index is 1990. The van der Waals surface area contributed by atoms with E-state index in [0.717, 1.165) is 10.9 Å². The van der Waals surface area contributed by atoms with E-state index in [1.807, 2.05) is 0 Å². The Balaban J connectivity index is 1.21. The number of aliphatic hydroxyl groups excluding tert-OH is 2. The Morgan fingerprint density at radius 2 is 1.57 bits per heavy atom. The number of aromatic amines is 1. The highest BCUT2D eigenvalue weighted by molar-refractivity contribution is 7.47. The van der Waals surface area contributed by atoms with Crippen molar-refractivity contribution in [3.63, 3.8) is 0 Å². The molecule has 0 aromatic carbocycles. The molecule has 1 saturated carbocycles. The van der Waals surface area contributed by atoms with Gasteiger partial charge in [0.2, 0.25) is 5.95 Å². The van der Waals surface area contributed by atoms with Crippen molar-refractivity contribution in [1.29, 1.82) is 0 Å². The van der Waals surface area contributed by atoms with Crippen molar-refractivity contribution in [1.82, 2.24) is 39.0 Å². The van der Waals surface area contributed by atoms with E-state index in [1.165, 1.54) is 10.9 Å². The molecule has 22 nitrogen and oxygen atoms in total. The molecule has 2 bridgehead atoms. The molecule has 0 spiro atoms. The van der Waals surface area contributed by atoms with Gasteiger partial charge in [0.25, 0.3) is 5.56 Å². The van der Waals surface area contributed by atoms with Crippen LogP contribution in [-0.4, -0.2) is 103 Å². The SMILES string of the molecule is Nc1nc2c(ncn2[C@@H]2C[C@@H]3COP(=O)(O)OC4C(O)[C@H](n5cnc6c(N)nc(F)nc65)O[C@@H]4COP(=O)(O)OC2C3O)c(=O)[nH]1. The first-order valence-electron chi connectivity index (χ1n) is 13.4. The summed E-state index contributed by atoms with van der Waals surface area (Å²) in [7, 11) is -10.1. The number of hydrogen-bond donors (Lipinski definition) is 7. The second-order valence-corrected chi connectivity index (χ2v) is 13.6. The maximum Gasteiger partial charge on any atom is 0.472 e. The van der Waals surface area contributed by atoms with Crippen LogP contribution in [-0.2, 0) is 32.0 Å². The summed E-state index contributed by atoms with van der Waals surface area (Å²) >= 11 is 0. The van der Waals surface area contributed by atoms with Crippen LogP contribution in [0.4, 0.5) is 16.2 Å². The lowest BCUT2D eigenvalue weighted by Gasteiger charge is -2.26. The zero-order valence-electron chi connectivity index (χ0n) is 23.0. The van der Waals surface area contributed by atoms with Gasteiger partial charge in [-0.05, 0) is 6.42 Å². The molecular weight excluding hydrogens is 665 g/mol. The summed E-state index contributed by atoms with van der Waals surface area (Å²) in [6, 6.07) is -1.03. The fourth-order valence-corrected chi connectivity index (χ4v) is 7.85. The Hall–Kier alpha value is -3.47. The van der Waals surface area contributed by atoms with E-state index in [-0.39, 0.29) is 40.5 Å². The maximum absolute atomic E-state index is 14.0. The van der Waals surface area contributed by atoms with Crippen LogP contribution in [0.15, 0.2) is 17.4 Å². The minimum Gasteiger partial charge on any atom is -0.390 e. The molecule has 9 N–H and O–H groups in total. The zero-order chi connectivity index (χ0) is 32.7. The highest BCUT2D eigenvalue weighted by atomic mass is 31.2. The molecule has 10 atom stereocenters. The molecule has 25 heteroatoms. The van der Waals surface area contributed by atoms with Crippen LogP contribution in [0.25, 0.3) is 22.3 Å². The Labute approximate surface area is 254 Å². The van der Waals surface area contributed by atoms with Crippen LogP contribution in [0.5, 0.6) is 0 Å². The number of aliphatic hydroxyl groups is 2. The minimum absolute atomic E-state index is 0.0271. The van der Waals surface area contributed by atoms with Gasteiger partial charge in [-0.2, -0.15) is 19.3 Å². The number of anilines is 2. The number of rotatable bonds is 2. The van der Waals surface area contributed by atoms with Crippen LogP contribution in [0, 0.1) is 12.0 Å². The molecule has 7 rings (SSSR count). The van der Waals surface area contributed by atoms with Gasteiger partial charge >= 0.3 is 21.7 Å². The van der Waals surface area contributed by atoms with E-state index < -0.39 is 89.2 Å².